The summed E-state index contributed by atoms with van der Waals surface area (Å²) in [5.41, 5.74) is 2.13. The van der Waals surface area contributed by atoms with Crippen LogP contribution in [-0.4, -0.2) is 43.7 Å². The molecule has 0 saturated heterocycles. The number of hydrogen-bond donors (Lipinski definition) is 1. The molecule has 1 N–H and O–H groups in total. The average molecular weight is 278 g/mol. The topological polar surface area (TPSA) is 32.3 Å². The van der Waals surface area contributed by atoms with Gasteiger partial charge in [-0.3, -0.25) is 4.79 Å². The first-order valence-corrected chi connectivity index (χ1v) is 7.84. The molecule has 104 valence electrons. The normalized spacial score (nSPS) is 14.3. The van der Waals surface area contributed by atoms with E-state index in [-0.39, 0.29) is 5.91 Å². The number of amides is 1. The summed E-state index contributed by atoms with van der Waals surface area (Å²) in [7, 11) is 4.09. The van der Waals surface area contributed by atoms with Gasteiger partial charge in [0.2, 0.25) is 0 Å². The zero-order valence-corrected chi connectivity index (χ0v) is 12.6. The number of thioether (sulfide) groups is 1. The Bertz CT molecular complexity index is 446. The van der Waals surface area contributed by atoms with Crippen molar-refractivity contribution < 1.29 is 4.79 Å². The zero-order chi connectivity index (χ0) is 13.7. The molecular weight excluding hydrogens is 256 g/mol. The van der Waals surface area contributed by atoms with Gasteiger partial charge in [0.05, 0.1) is 0 Å². The summed E-state index contributed by atoms with van der Waals surface area (Å²) in [6, 6.07) is 6.09. The molecule has 1 aromatic carbocycles. The van der Waals surface area contributed by atoms with E-state index in [9.17, 15) is 4.79 Å². The minimum Gasteiger partial charge on any atom is -0.352 e. The molecule has 0 atom stereocenters. The first-order chi connectivity index (χ1) is 9.16. The molecule has 3 nitrogen and oxygen atoms in total. The zero-order valence-electron chi connectivity index (χ0n) is 11.7. The molecule has 0 spiro atoms. The Labute approximate surface area is 119 Å². The minimum atomic E-state index is 0.0529. The molecule has 19 heavy (non-hydrogen) atoms. The van der Waals surface area contributed by atoms with Gasteiger partial charge >= 0.3 is 0 Å². The summed E-state index contributed by atoms with van der Waals surface area (Å²) in [5, 5.41) is 2.99. The Kier molecular flexibility index (Phi) is 5.28. The van der Waals surface area contributed by atoms with Crippen molar-refractivity contribution in [2.75, 3.05) is 32.9 Å². The van der Waals surface area contributed by atoms with Gasteiger partial charge in [-0.15, -0.1) is 11.8 Å². The van der Waals surface area contributed by atoms with Gasteiger partial charge in [-0.1, -0.05) is 0 Å². The van der Waals surface area contributed by atoms with Crippen LogP contribution >= 0.6 is 11.8 Å². The lowest BCUT2D eigenvalue weighted by Crippen LogP contribution is -2.27. The van der Waals surface area contributed by atoms with Crippen molar-refractivity contribution in [2.24, 2.45) is 0 Å². The minimum absolute atomic E-state index is 0.0529. The monoisotopic (exact) mass is 278 g/mol. The van der Waals surface area contributed by atoms with Crippen LogP contribution in [0.15, 0.2) is 23.1 Å². The Morgan fingerprint density at radius 2 is 2.26 bits per heavy atom. The highest BCUT2D eigenvalue weighted by atomic mass is 32.2. The third-order valence-corrected chi connectivity index (χ3v) is 4.44. The summed E-state index contributed by atoms with van der Waals surface area (Å²) in [6.07, 6.45) is 3.30. The molecule has 0 radical (unpaired) electrons. The van der Waals surface area contributed by atoms with E-state index >= 15 is 0 Å². The summed E-state index contributed by atoms with van der Waals surface area (Å²) in [5.74, 6) is 1.25. The van der Waals surface area contributed by atoms with Crippen molar-refractivity contribution in [1.29, 1.82) is 0 Å². The van der Waals surface area contributed by atoms with Crippen LogP contribution in [0.5, 0.6) is 0 Å². The molecular formula is C15H22N2OS. The van der Waals surface area contributed by atoms with Crippen LogP contribution < -0.4 is 5.32 Å². The van der Waals surface area contributed by atoms with Crippen LogP contribution in [0, 0.1) is 0 Å². The molecule has 1 aliphatic heterocycles. The number of benzene rings is 1. The van der Waals surface area contributed by atoms with Gasteiger partial charge in [0.15, 0.2) is 0 Å². The van der Waals surface area contributed by atoms with Gasteiger partial charge in [0.25, 0.3) is 5.91 Å². The maximum Gasteiger partial charge on any atom is 0.251 e. The van der Waals surface area contributed by atoms with Gasteiger partial charge in [-0.2, -0.15) is 0 Å². The van der Waals surface area contributed by atoms with E-state index in [0.29, 0.717) is 0 Å². The second-order valence-corrected chi connectivity index (χ2v) is 6.32. The van der Waals surface area contributed by atoms with Crippen LogP contribution in [0.3, 0.4) is 0 Å². The molecule has 0 aliphatic carbocycles. The number of hydrogen-bond acceptors (Lipinski definition) is 3. The molecule has 1 aromatic rings. The molecule has 0 saturated carbocycles. The molecule has 0 aromatic heterocycles. The first kappa shape index (κ1) is 14.4. The van der Waals surface area contributed by atoms with E-state index in [1.165, 1.54) is 22.6 Å². The van der Waals surface area contributed by atoms with Gasteiger partial charge in [-0.05, 0) is 69.4 Å². The van der Waals surface area contributed by atoms with Crippen LogP contribution in [-0.2, 0) is 6.42 Å². The molecule has 1 heterocycles. The van der Waals surface area contributed by atoms with E-state index in [4.69, 9.17) is 0 Å². The second kappa shape index (κ2) is 6.96. The highest BCUT2D eigenvalue weighted by Crippen LogP contribution is 2.30. The van der Waals surface area contributed by atoms with E-state index < -0.39 is 0 Å². The number of nitrogens with one attached hydrogen (secondary N) is 1. The van der Waals surface area contributed by atoms with Crippen molar-refractivity contribution in [3.63, 3.8) is 0 Å². The molecule has 0 bridgehead atoms. The lowest BCUT2D eigenvalue weighted by Gasteiger charge is -2.16. The summed E-state index contributed by atoms with van der Waals surface area (Å²) < 4.78 is 0. The Morgan fingerprint density at radius 1 is 1.42 bits per heavy atom. The summed E-state index contributed by atoms with van der Waals surface area (Å²) in [4.78, 5) is 15.5. The molecule has 4 heteroatoms. The molecule has 0 fully saturated rings. The maximum atomic E-state index is 12.0. The number of fused-ring (bicyclic) bond motifs is 1. The predicted octanol–water partition coefficient (Wildman–Crippen LogP) is 2.41. The first-order valence-electron chi connectivity index (χ1n) is 6.85. The number of nitrogens with zero attached hydrogens (tertiary/aromatic N) is 1. The number of carbonyl (C=O) groups is 1. The van der Waals surface area contributed by atoms with Gasteiger partial charge in [0, 0.05) is 17.0 Å². The van der Waals surface area contributed by atoms with Crippen molar-refractivity contribution >= 4 is 17.7 Å². The van der Waals surface area contributed by atoms with E-state index in [2.05, 4.69) is 22.3 Å². The van der Waals surface area contributed by atoms with E-state index in [0.717, 1.165) is 31.5 Å². The lowest BCUT2D eigenvalue weighted by atomic mass is 10.1. The van der Waals surface area contributed by atoms with E-state index in [1.807, 2.05) is 31.9 Å². The molecule has 2 rings (SSSR count). The van der Waals surface area contributed by atoms with Gasteiger partial charge in [-0.25, -0.2) is 0 Å². The van der Waals surface area contributed by atoms with Gasteiger partial charge in [0.1, 0.15) is 0 Å². The van der Waals surface area contributed by atoms with Crippen molar-refractivity contribution in [3.05, 3.63) is 29.3 Å². The second-order valence-electron chi connectivity index (χ2n) is 5.19. The van der Waals surface area contributed by atoms with Crippen molar-refractivity contribution in [2.45, 2.75) is 24.2 Å². The maximum absolute atomic E-state index is 12.0. The van der Waals surface area contributed by atoms with Crippen LogP contribution in [0.4, 0.5) is 0 Å². The molecule has 1 amide bonds. The number of carbonyl (C=O) groups excluding carboxylic acids is 1. The summed E-state index contributed by atoms with van der Waals surface area (Å²) in [6.45, 7) is 1.74. The van der Waals surface area contributed by atoms with E-state index in [1.54, 1.807) is 0 Å². The third kappa shape index (κ3) is 4.25. The lowest BCUT2D eigenvalue weighted by molar-refractivity contribution is 0.0952. The van der Waals surface area contributed by atoms with Crippen LogP contribution in [0.1, 0.15) is 28.8 Å². The average Bonchev–Trinajstić information content (AvgIpc) is 2.42. The number of aryl methyl sites for hydroxylation is 1. The fourth-order valence-corrected chi connectivity index (χ4v) is 3.22. The molecule has 0 unspecified atom stereocenters. The Hall–Kier alpha value is -1.00. The fraction of sp³-hybridized carbons (Fsp3) is 0.533. The number of rotatable bonds is 5. The smallest absolute Gasteiger partial charge is 0.251 e. The van der Waals surface area contributed by atoms with Crippen LogP contribution in [0.25, 0.3) is 0 Å². The van der Waals surface area contributed by atoms with Crippen molar-refractivity contribution in [1.82, 2.24) is 10.2 Å². The summed E-state index contributed by atoms with van der Waals surface area (Å²) >= 11 is 1.90. The predicted molar refractivity (Wildman–Crippen MR) is 81.0 cm³/mol. The quantitative estimate of drug-likeness (QED) is 0.840. The Balaban J connectivity index is 1.88. The SMILES string of the molecule is CN(C)CCCNC(=O)c1ccc2c(c1)CCCS2. The largest absolute Gasteiger partial charge is 0.352 e. The molecule has 1 aliphatic rings. The van der Waals surface area contributed by atoms with Crippen LogP contribution in [0.2, 0.25) is 0 Å². The standard InChI is InChI=1S/C15H22N2OS/c1-17(2)9-4-8-16-15(18)13-6-7-14-12(11-13)5-3-10-19-14/h6-7,11H,3-5,8-10H2,1-2H3,(H,16,18). The fourth-order valence-electron chi connectivity index (χ4n) is 2.20. The van der Waals surface area contributed by atoms with Crippen molar-refractivity contribution in [3.8, 4) is 0 Å². The third-order valence-electron chi connectivity index (χ3n) is 3.24. The Morgan fingerprint density at radius 3 is 3.05 bits per heavy atom. The highest BCUT2D eigenvalue weighted by Gasteiger charge is 2.12. The van der Waals surface area contributed by atoms with Gasteiger partial charge < -0.3 is 10.2 Å². The highest BCUT2D eigenvalue weighted by molar-refractivity contribution is 7.99.